The summed E-state index contributed by atoms with van der Waals surface area (Å²) < 4.78 is 11.2. The molecule has 0 spiro atoms. The molecule has 22 heavy (non-hydrogen) atoms. The number of halogens is 2. The first kappa shape index (κ1) is 18.9. The number of nitrogens with zero attached hydrogens (tertiary/aromatic N) is 1. The molecule has 122 valence electrons. The van der Waals surface area contributed by atoms with Crippen molar-refractivity contribution < 1.29 is 9.47 Å². The number of rotatable bonds is 4. The third-order valence-corrected chi connectivity index (χ3v) is 3.15. The van der Waals surface area contributed by atoms with Gasteiger partial charge in [0.25, 0.3) is 0 Å². The second kappa shape index (κ2) is 9.09. The van der Waals surface area contributed by atoms with Crippen molar-refractivity contribution in [1.82, 2.24) is 5.32 Å². The van der Waals surface area contributed by atoms with Crippen LogP contribution in [0.1, 0.15) is 18.9 Å². The smallest absolute Gasteiger partial charge is 0.189 e. The number of hydrogen-bond donors (Lipinski definition) is 2. The molecule has 1 aromatic rings. The minimum atomic E-state index is 0. The highest BCUT2D eigenvalue weighted by Crippen LogP contribution is 2.38. The zero-order valence-corrected chi connectivity index (χ0v) is 15.6. The third kappa shape index (κ3) is 5.57. The molecule has 0 saturated heterocycles. The van der Waals surface area contributed by atoms with Gasteiger partial charge in [0, 0.05) is 13.0 Å². The molecule has 7 heteroatoms. The van der Waals surface area contributed by atoms with Crippen molar-refractivity contribution in [2.45, 2.75) is 19.9 Å². The molecule has 0 saturated carbocycles. The highest BCUT2D eigenvalue weighted by atomic mass is 127. The quantitative estimate of drug-likeness (QED) is 0.329. The van der Waals surface area contributed by atoms with Crippen molar-refractivity contribution in [3.05, 3.63) is 34.9 Å². The monoisotopic (exact) mass is 437 g/mol. The number of ether oxygens (including phenoxy) is 2. The molecule has 5 nitrogen and oxygen atoms in total. The summed E-state index contributed by atoms with van der Waals surface area (Å²) in [7, 11) is 0. The van der Waals surface area contributed by atoms with E-state index in [4.69, 9.17) is 26.8 Å². The van der Waals surface area contributed by atoms with Gasteiger partial charge in [0.1, 0.15) is 0 Å². The molecular weight excluding hydrogens is 417 g/mol. The molecule has 1 aromatic carbocycles. The second-order valence-corrected chi connectivity index (χ2v) is 5.37. The summed E-state index contributed by atoms with van der Waals surface area (Å²) in [5, 5.41) is 3.51. The summed E-state index contributed by atoms with van der Waals surface area (Å²) in [5.41, 5.74) is 7.69. The summed E-state index contributed by atoms with van der Waals surface area (Å²) in [6, 6.07) is 3.71. The summed E-state index contributed by atoms with van der Waals surface area (Å²) in [5.74, 6) is 1.65. The highest BCUT2D eigenvalue weighted by Gasteiger charge is 2.15. The lowest BCUT2D eigenvalue weighted by Gasteiger charge is -2.11. The van der Waals surface area contributed by atoms with E-state index in [-0.39, 0.29) is 24.0 Å². The molecule has 1 aliphatic heterocycles. The van der Waals surface area contributed by atoms with Crippen molar-refractivity contribution in [2.24, 2.45) is 10.7 Å². The molecule has 2 rings (SSSR count). The van der Waals surface area contributed by atoms with E-state index in [0.29, 0.717) is 48.8 Å². The van der Waals surface area contributed by atoms with E-state index in [2.05, 4.69) is 16.9 Å². The molecule has 0 unspecified atom stereocenters. The first-order valence-corrected chi connectivity index (χ1v) is 7.20. The Kier molecular flexibility index (Phi) is 7.81. The Bertz CT molecular complexity index is 564. The predicted octanol–water partition coefficient (Wildman–Crippen LogP) is 3.10. The van der Waals surface area contributed by atoms with E-state index in [1.807, 2.05) is 19.1 Å². The van der Waals surface area contributed by atoms with Gasteiger partial charge in [-0.25, -0.2) is 4.99 Å². The lowest BCUT2D eigenvalue weighted by molar-refractivity contribution is 0.297. The number of nitrogens with one attached hydrogen (secondary N) is 1. The van der Waals surface area contributed by atoms with Gasteiger partial charge in [0.15, 0.2) is 17.5 Å². The Morgan fingerprint density at radius 2 is 2.14 bits per heavy atom. The predicted molar refractivity (Wildman–Crippen MR) is 101 cm³/mol. The van der Waals surface area contributed by atoms with Crippen LogP contribution in [-0.4, -0.2) is 25.7 Å². The summed E-state index contributed by atoms with van der Waals surface area (Å²) in [4.78, 5) is 4.27. The molecule has 1 heterocycles. The van der Waals surface area contributed by atoms with Crippen LogP contribution < -0.4 is 20.5 Å². The Hall–Kier alpha value is -1.15. The molecule has 0 radical (unpaired) electrons. The molecule has 0 atom stereocenters. The molecular formula is C15H21ClIN3O2. The van der Waals surface area contributed by atoms with Crippen LogP contribution in [-0.2, 0) is 6.54 Å². The number of nitrogens with two attached hydrogens (primary N) is 1. The van der Waals surface area contributed by atoms with Crippen LogP contribution in [0, 0.1) is 0 Å². The normalized spacial score (nSPS) is 13.8. The van der Waals surface area contributed by atoms with Gasteiger partial charge in [-0.05, 0) is 24.6 Å². The second-order valence-electron chi connectivity index (χ2n) is 4.97. The summed E-state index contributed by atoms with van der Waals surface area (Å²) >= 11 is 6.23. The Morgan fingerprint density at radius 1 is 1.41 bits per heavy atom. The summed E-state index contributed by atoms with van der Waals surface area (Å²) in [6.07, 6.45) is 0.844. The average Bonchev–Trinajstić information content (AvgIpc) is 2.68. The van der Waals surface area contributed by atoms with Crippen molar-refractivity contribution in [2.75, 3.05) is 19.8 Å². The van der Waals surface area contributed by atoms with E-state index in [1.54, 1.807) is 0 Å². The van der Waals surface area contributed by atoms with Crippen LogP contribution in [0.4, 0.5) is 0 Å². The number of benzene rings is 1. The van der Waals surface area contributed by atoms with Gasteiger partial charge in [-0.2, -0.15) is 0 Å². The molecule has 1 aliphatic rings. The van der Waals surface area contributed by atoms with Gasteiger partial charge in [-0.1, -0.05) is 23.8 Å². The molecule has 0 aromatic heterocycles. The summed E-state index contributed by atoms with van der Waals surface area (Å²) in [6.45, 7) is 7.98. The third-order valence-electron chi connectivity index (χ3n) is 2.87. The number of fused-ring (bicyclic) bond motifs is 1. The molecule has 0 amide bonds. The minimum Gasteiger partial charge on any atom is -0.489 e. The first-order valence-electron chi connectivity index (χ1n) is 6.82. The van der Waals surface area contributed by atoms with E-state index < -0.39 is 0 Å². The van der Waals surface area contributed by atoms with E-state index in [1.165, 1.54) is 0 Å². The van der Waals surface area contributed by atoms with E-state index in [9.17, 15) is 0 Å². The zero-order chi connectivity index (χ0) is 15.2. The minimum absolute atomic E-state index is 0. The lowest BCUT2D eigenvalue weighted by atomic mass is 10.2. The Labute approximate surface area is 152 Å². The van der Waals surface area contributed by atoms with Crippen LogP contribution in [0.15, 0.2) is 29.3 Å². The lowest BCUT2D eigenvalue weighted by Crippen LogP contribution is -2.32. The van der Waals surface area contributed by atoms with Crippen molar-refractivity contribution in [3.63, 3.8) is 0 Å². The Balaban J connectivity index is 0.00000242. The molecule has 3 N–H and O–H groups in total. The van der Waals surface area contributed by atoms with Gasteiger partial charge in [-0.15, -0.1) is 24.0 Å². The van der Waals surface area contributed by atoms with Gasteiger partial charge in [0.05, 0.1) is 24.8 Å². The maximum absolute atomic E-state index is 6.23. The molecule has 0 fully saturated rings. The van der Waals surface area contributed by atoms with Crippen LogP contribution in [0.5, 0.6) is 11.5 Å². The zero-order valence-electron chi connectivity index (χ0n) is 12.5. The SMILES string of the molecule is C=C(C)CNC(N)=NCc1cc(Cl)c2c(c1)OCCCO2.I. The van der Waals surface area contributed by atoms with Gasteiger partial charge < -0.3 is 20.5 Å². The Morgan fingerprint density at radius 3 is 2.86 bits per heavy atom. The van der Waals surface area contributed by atoms with E-state index >= 15 is 0 Å². The fraction of sp³-hybridized carbons (Fsp3) is 0.400. The van der Waals surface area contributed by atoms with Crippen molar-refractivity contribution >= 4 is 41.5 Å². The topological polar surface area (TPSA) is 68.9 Å². The van der Waals surface area contributed by atoms with Crippen LogP contribution >= 0.6 is 35.6 Å². The molecule has 0 bridgehead atoms. The number of aliphatic imine (C=N–C) groups is 1. The molecule has 0 aliphatic carbocycles. The van der Waals surface area contributed by atoms with E-state index in [0.717, 1.165) is 17.6 Å². The van der Waals surface area contributed by atoms with Crippen LogP contribution in [0.3, 0.4) is 0 Å². The first-order chi connectivity index (χ1) is 10.1. The van der Waals surface area contributed by atoms with Crippen molar-refractivity contribution in [3.8, 4) is 11.5 Å². The average molecular weight is 438 g/mol. The van der Waals surface area contributed by atoms with Gasteiger partial charge in [0.2, 0.25) is 0 Å². The number of guanidine groups is 1. The van der Waals surface area contributed by atoms with Gasteiger partial charge in [-0.3, -0.25) is 0 Å². The van der Waals surface area contributed by atoms with Gasteiger partial charge >= 0.3 is 0 Å². The standard InChI is InChI=1S/C15H20ClN3O2.HI/c1-10(2)8-18-15(17)19-9-11-6-12(16)14-13(7-11)20-4-3-5-21-14;/h6-7H,1,3-5,8-9H2,2H3,(H3,17,18,19);1H. The number of hydrogen-bond acceptors (Lipinski definition) is 3. The van der Waals surface area contributed by atoms with Crippen LogP contribution in [0.2, 0.25) is 5.02 Å². The fourth-order valence-corrected chi connectivity index (χ4v) is 2.14. The van der Waals surface area contributed by atoms with Crippen molar-refractivity contribution in [1.29, 1.82) is 0 Å². The highest BCUT2D eigenvalue weighted by molar-refractivity contribution is 14.0. The fourth-order valence-electron chi connectivity index (χ4n) is 1.85. The maximum atomic E-state index is 6.23. The van der Waals surface area contributed by atoms with Crippen LogP contribution in [0.25, 0.3) is 0 Å². The largest absolute Gasteiger partial charge is 0.489 e. The maximum Gasteiger partial charge on any atom is 0.189 e.